The average molecular weight is 527 g/mol. The van der Waals surface area contributed by atoms with E-state index >= 15 is 0 Å². The zero-order chi connectivity index (χ0) is 26.8. The summed E-state index contributed by atoms with van der Waals surface area (Å²) in [4.78, 5) is 23.7. The van der Waals surface area contributed by atoms with Gasteiger partial charge in [-0.15, -0.1) is 0 Å². The van der Waals surface area contributed by atoms with Crippen molar-refractivity contribution in [3.8, 4) is 28.4 Å². The van der Waals surface area contributed by atoms with E-state index in [1.807, 2.05) is 0 Å². The number of carbonyl (C=O) groups excluding carboxylic acids is 1. The van der Waals surface area contributed by atoms with E-state index < -0.39 is 75.5 Å². The van der Waals surface area contributed by atoms with E-state index in [9.17, 15) is 48.6 Å². The molecule has 14 nitrogen and oxygen atoms in total. The van der Waals surface area contributed by atoms with Crippen LogP contribution in [0.2, 0.25) is 0 Å². The molecule has 0 aliphatic heterocycles. The molecule has 3 rings (SSSR count). The molecule has 0 unspecified atom stereocenters. The third-order valence-corrected chi connectivity index (χ3v) is 5.36. The van der Waals surface area contributed by atoms with Crippen molar-refractivity contribution in [3.63, 3.8) is 0 Å². The molecular formula is C21H19O14S-. The second-order valence-electron chi connectivity index (χ2n) is 7.39. The molecule has 0 spiro atoms. The van der Waals surface area contributed by atoms with Crippen molar-refractivity contribution in [2.75, 3.05) is 6.61 Å². The molecule has 15 heteroatoms. The van der Waals surface area contributed by atoms with Gasteiger partial charge in [-0.2, -0.15) is 8.42 Å². The largest absolute Gasteiger partial charge is 0.547 e. The predicted octanol–water partition coefficient (Wildman–Crippen LogP) is -2.08. The zero-order valence-corrected chi connectivity index (χ0v) is 18.7. The number of carbonyl (C=O) groups is 1. The van der Waals surface area contributed by atoms with Gasteiger partial charge in [-0.05, 0) is 18.2 Å². The number of aliphatic hydroxyl groups excluding tert-OH is 4. The minimum absolute atomic E-state index is 0.101. The summed E-state index contributed by atoms with van der Waals surface area (Å²) in [6.45, 7) is -0.826. The summed E-state index contributed by atoms with van der Waals surface area (Å²) >= 11 is 0. The van der Waals surface area contributed by atoms with Crippen LogP contribution in [0.3, 0.4) is 0 Å². The smallest absolute Gasteiger partial charge is 0.446 e. The van der Waals surface area contributed by atoms with Crippen molar-refractivity contribution >= 4 is 27.3 Å². The van der Waals surface area contributed by atoms with Crippen LogP contribution in [0.1, 0.15) is 0 Å². The lowest BCUT2D eigenvalue weighted by Gasteiger charge is -2.26. The molecular weight excluding hydrogens is 508 g/mol. The number of aliphatic carboxylic acids is 1. The molecule has 36 heavy (non-hydrogen) atoms. The molecule has 0 radical (unpaired) electrons. The van der Waals surface area contributed by atoms with Crippen LogP contribution in [0.4, 0.5) is 0 Å². The number of aliphatic hydroxyl groups is 4. The van der Waals surface area contributed by atoms with E-state index in [1.54, 1.807) is 0 Å². The molecule has 3 aromatic rings. The minimum atomic E-state index is -4.93. The van der Waals surface area contributed by atoms with E-state index in [0.717, 1.165) is 18.4 Å². The first-order valence-corrected chi connectivity index (χ1v) is 11.3. The van der Waals surface area contributed by atoms with Gasteiger partial charge in [0.25, 0.3) is 0 Å². The van der Waals surface area contributed by atoms with Crippen LogP contribution in [-0.2, 0) is 15.2 Å². The average Bonchev–Trinajstić information content (AvgIpc) is 2.81. The summed E-state index contributed by atoms with van der Waals surface area (Å²) in [5.41, 5.74) is -1.34. The first-order valence-electron chi connectivity index (χ1n) is 9.91. The van der Waals surface area contributed by atoms with Crippen LogP contribution < -0.4 is 19.5 Å². The normalized spacial score (nSPS) is 15.1. The summed E-state index contributed by atoms with van der Waals surface area (Å²) in [5, 5.41) is 59.4. The highest BCUT2D eigenvalue weighted by molar-refractivity contribution is 7.81. The third-order valence-electron chi connectivity index (χ3n) is 4.97. The lowest BCUT2D eigenvalue weighted by Crippen LogP contribution is -2.52. The third kappa shape index (κ3) is 5.73. The molecule has 6 N–H and O–H groups in total. The van der Waals surface area contributed by atoms with Gasteiger partial charge in [0.1, 0.15) is 48.3 Å². The van der Waals surface area contributed by atoms with Crippen molar-refractivity contribution in [2.24, 2.45) is 0 Å². The molecule has 194 valence electrons. The number of para-hydroxylation sites is 1. The Kier molecular flexibility index (Phi) is 7.83. The standard InChI is InChI=1S/C21H20O14S/c22-11(17(24)19(26)20(27)21(28)29)8-34-14-6-5-13-15(18(14)25)16(23)10(7-33-13)9-3-1-2-4-12(9)35-36(30,31)32/h1-7,11,17,19-20,22,24-27H,8H2,(H,28,29)(H,30,31,32)/p-1/t11-,17+,19-,20-/m0/s1. The maximum atomic E-state index is 13.1. The van der Waals surface area contributed by atoms with Gasteiger partial charge in [0.15, 0.2) is 17.2 Å². The number of phenols is 1. The van der Waals surface area contributed by atoms with Gasteiger partial charge in [0.05, 0.1) is 11.5 Å². The molecule has 4 atom stereocenters. The van der Waals surface area contributed by atoms with Crippen LogP contribution >= 0.6 is 0 Å². The lowest BCUT2D eigenvalue weighted by molar-refractivity contribution is -0.320. The monoisotopic (exact) mass is 527 g/mol. The maximum Gasteiger partial charge on any atom is 0.446 e. The van der Waals surface area contributed by atoms with E-state index in [2.05, 4.69) is 4.18 Å². The molecule has 0 saturated carbocycles. The van der Waals surface area contributed by atoms with Crippen LogP contribution in [0, 0.1) is 0 Å². The second-order valence-corrected chi connectivity index (χ2v) is 8.42. The van der Waals surface area contributed by atoms with Gasteiger partial charge in [0.2, 0.25) is 5.43 Å². The Bertz CT molecular complexity index is 1430. The number of hydrogen-bond acceptors (Lipinski definition) is 13. The second kappa shape index (κ2) is 10.5. The highest BCUT2D eigenvalue weighted by Crippen LogP contribution is 2.36. The highest BCUT2D eigenvalue weighted by atomic mass is 32.3. The Hall–Kier alpha value is -3.73. The SMILES string of the molecule is O=C([O-])[C@@H](O)[C@@H](O)[C@H](O)[C@@H](O)COc1ccc2occ(-c3ccccc3OS(=O)(=O)O)c(=O)c2c1O. The number of carboxylic acid groups (broad SMARTS) is 1. The molecule has 0 amide bonds. The number of ether oxygens (including phenoxy) is 1. The maximum absolute atomic E-state index is 13.1. The molecule has 2 aromatic carbocycles. The van der Waals surface area contributed by atoms with Crippen molar-refractivity contribution in [3.05, 3.63) is 52.9 Å². The fraction of sp³-hybridized carbons (Fsp3) is 0.238. The van der Waals surface area contributed by atoms with E-state index in [4.69, 9.17) is 13.7 Å². The number of carboxylic acids is 1. The topological polar surface area (TPSA) is 244 Å². The van der Waals surface area contributed by atoms with Crippen molar-refractivity contribution in [1.29, 1.82) is 0 Å². The number of phenolic OH excluding ortho intramolecular Hbond substituents is 1. The predicted molar refractivity (Wildman–Crippen MR) is 116 cm³/mol. The Balaban J connectivity index is 1.94. The highest BCUT2D eigenvalue weighted by Gasteiger charge is 2.31. The summed E-state index contributed by atoms with van der Waals surface area (Å²) < 4.78 is 46.3. The van der Waals surface area contributed by atoms with Crippen molar-refractivity contribution < 1.29 is 61.7 Å². The van der Waals surface area contributed by atoms with Crippen LogP contribution in [0.5, 0.6) is 17.2 Å². The Morgan fingerprint density at radius 3 is 2.31 bits per heavy atom. The van der Waals surface area contributed by atoms with E-state index in [-0.39, 0.29) is 16.7 Å². The van der Waals surface area contributed by atoms with Gasteiger partial charge in [-0.1, -0.05) is 18.2 Å². The Morgan fingerprint density at radius 1 is 1.00 bits per heavy atom. The fourth-order valence-electron chi connectivity index (χ4n) is 3.19. The summed E-state index contributed by atoms with van der Waals surface area (Å²) in [6.07, 6.45) is -7.98. The van der Waals surface area contributed by atoms with Gasteiger partial charge in [-0.25, -0.2) is 0 Å². The minimum Gasteiger partial charge on any atom is -0.547 e. The lowest BCUT2D eigenvalue weighted by atomic mass is 10.0. The van der Waals surface area contributed by atoms with E-state index in [0.29, 0.717) is 0 Å². The Morgan fingerprint density at radius 2 is 1.67 bits per heavy atom. The summed E-state index contributed by atoms with van der Waals surface area (Å²) in [7, 11) is -4.93. The molecule has 1 aromatic heterocycles. The molecule has 0 aliphatic carbocycles. The molecule has 1 heterocycles. The van der Waals surface area contributed by atoms with Crippen molar-refractivity contribution in [2.45, 2.75) is 24.4 Å². The first-order chi connectivity index (χ1) is 16.8. The van der Waals surface area contributed by atoms with Gasteiger partial charge in [-0.3, -0.25) is 9.35 Å². The van der Waals surface area contributed by atoms with Crippen LogP contribution in [-0.4, -0.2) is 75.5 Å². The van der Waals surface area contributed by atoms with Gasteiger partial charge in [0, 0.05) is 5.56 Å². The molecule has 0 fully saturated rings. The summed E-state index contributed by atoms with van der Waals surface area (Å²) in [6, 6.07) is 7.62. The van der Waals surface area contributed by atoms with E-state index in [1.165, 1.54) is 24.3 Å². The number of aromatic hydroxyl groups is 1. The fourth-order valence-corrected chi connectivity index (χ4v) is 3.56. The first kappa shape index (κ1) is 26.9. The molecule has 0 saturated heterocycles. The molecule has 0 bridgehead atoms. The summed E-state index contributed by atoms with van der Waals surface area (Å²) in [5.74, 6) is -3.66. The number of hydrogen-bond donors (Lipinski definition) is 6. The van der Waals surface area contributed by atoms with Gasteiger partial charge >= 0.3 is 10.4 Å². The van der Waals surface area contributed by atoms with Gasteiger partial charge < -0.3 is 48.8 Å². The number of benzene rings is 2. The zero-order valence-electron chi connectivity index (χ0n) is 17.9. The number of rotatable bonds is 10. The Labute approximate surface area is 201 Å². The molecule has 0 aliphatic rings. The van der Waals surface area contributed by atoms with Crippen LogP contribution in [0.15, 0.2) is 51.9 Å². The number of fused-ring (bicyclic) bond motifs is 1. The van der Waals surface area contributed by atoms with Crippen LogP contribution in [0.25, 0.3) is 22.1 Å². The van der Waals surface area contributed by atoms with Crippen molar-refractivity contribution in [1.82, 2.24) is 0 Å². The quantitative estimate of drug-likeness (QED) is 0.155.